The van der Waals surface area contributed by atoms with Crippen molar-refractivity contribution in [1.82, 2.24) is 5.06 Å². The Morgan fingerprint density at radius 2 is 1.45 bits per heavy atom. The van der Waals surface area contributed by atoms with Crippen molar-refractivity contribution in [3.63, 3.8) is 0 Å². The second kappa shape index (κ2) is 11.4. The van der Waals surface area contributed by atoms with Crippen molar-refractivity contribution in [2.24, 2.45) is 11.1 Å². The topological polar surface area (TPSA) is 38.5 Å². The molecular formula is C19H42N2O. The van der Waals surface area contributed by atoms with E-state index in [1.807, 2.05) is 0 Å². The van der Waals surface area contributed by atoms with Crippen LogP contribution in [0.1, 0.15) is 92.9 Å². The van der Waals surface area contributed by atoms with Gasteiger partial charge in [-0.3, -0.25) is 4.84 Å². The van der Waals surface area contributed by atoms with E-state index in [9.17, 15) is 0 Å². The highest BCUT2D eigenvalue weighted by Crippen LogP contribution is 2.39. The molecule has 22 heavy (non-hydrogen) atoms. The SMILES string of the molecule is CCCCCCCC(C)(C)C(C)(C)ON(CCC)CCCN. The Balaban J connectivity index is 4.43. The minimum Gasteiger partial charge on any atom is -0.330 e. The Bertz CT molecular complexity index is 264. The van der Waals surface area contributed by atoms with Gasteiger partial charge in [-0.25, -0.2) is 0 Å². The molecule has 0 saturated carbocycles. The van der Waals surface area contributed by atoms with Gasteiger partial charge in [-0.15, -0.1) is 0 Å². The zero-order valence-electron chi connectivity index (χ0n) is 16.2. The van der Waals surface area contributed by atoms with Gasteiger partial charge in [-0.2, -0.15) is 5.06 Å². The van der Waals surface area contributed by atoms with E-state index >= 15 is 0 Å². The van der Waals surface area contributed by atoms with Gasteiger partial charge < -0.3 is 5.73 Å². The zero-order chi connectivity index (χ0) is 17.1. The van der Waals surface area contributed by atoms with Crippen LogP contribution in [-0.4, -0.2) is 30.3 Å². The summed E-state index contributed by atoms with van der Waals surface area (Å²) in [6.07, 6.45) is 10.0. The largest absolute Gasteiger partial charge is 0.330 e. The minimum atomic E-state index is -0.151. The number of nitrogens with two attached hydrogens (primary N) is 1. The summed E-state index contributed by atoms with van der Waals surface area (Å²) in [5.41, 5.74) is 5.67. The molecule has 0 aliphatic rings. The first-order valence-corrected chi connectivity index (χ1v) is 9.45. The molecule has 134 valence electrons. The second-order valence-corrected chi connectivity index (χ2v) is 7.72. The highest BCUT2D eigenvalue weighted by atomic mass is 16.7. The Morgan fingerprint density at radius 3 is 2.00 bits per heavy atom. The molecule has 2 N–H and O–H groups in total. The Hall–Kier alpha value is -0.120. The van der Waals surface area contributed by atoms with E-state index in [4.69, 9.17) is 10.6 Å². The van der Waals surface area contributed by atoms with E-state index < -0.39 is 0 Å². The Kier molecular flexibility index (Phi) is 11.4. The maximum Gasteiger partial charge on any atom is 0.0894 e. The molecule has 0 bridgehead atoms. The molecule has 0 heterocycles. The van der Waals surface area contributed by atoms with Crippen molar-refractivity contribution in [1.29, 1.82) is 0 Å². The monoisotopic (exact) mass is 314 g/mol. The predicted molar refractivity (Wildman–Crippen MR) is 97.9 cm³/mol. The van der Waals surface area contributed by atoms with Crippen molar-refractivity contribution >= 4 is 0 Å². The first-order valence-electron chi connectivity index (χ1n) is 9.45. The molecule has 0 aromatic heterocycles. The number of hydrogen-bond acceptors (Lipinski definition) is 3. The van der Waals surface area contributed by atoms with Gasteiger partial charge in [0, 0.05) is 13.1 Å². The summed E-state index contributed by atoms with van der Waals surface area (Å²) in [6, 6.07) is 0. The number of hydrogen-bond donors (Lipinski definition) is 1. The molecule has 0 radical (unpaired) electrons. The number of rotatable bonds is 14. The molecule has 3 nitrogen and oxygen atoms in total. The molecule has 0 unspecified atom stereocenters. The van der Waals surface area contributed by atoms with Gasteiger partial charge in [0.05, 0.1) is 5.60 Å². The summed E-state index contributed by atoms with van der Waals surface area (Å²) in [6.45, 7) is 16.3. The van der Waals surface area contributed by atoms with Crippen molar-refractivity contribution in [3.8, 4) is 0 Å². The standard InChI is InChI=1S/C19H42N2O/c1-7-9-10-11-12-14-18(3,4)19(5,6)22-21(16-8-2)17-13-15-20/h7-17,20H2,1-6H3. The lowest BCUT2D eigenvalue weighted by Gasteiger charge is -2.44. The molecule has 3 heteroatoms. The van der Waals surface area contributed by atoms with Crippen molar-refractivity contribution < 1.29 is 4.84 Å². The summed E-state index contributed by atoms with van der Waals surface area (Å²) in [5.74, 6) is 0. The quantitative estimate of drug-likeness (QED) is 0.356. The summed E-state index contributed by atoms with van der Waals surface area (Å²) >= 11 is 0. The van der Waals surface area contributed by atoms with Gasteiger partial charge >= 0.3 is 0 Å². The van der Waals surface area contributed by atoms with Crippen LogP contribution in [0.15, 0.2) is 0 Å². The molecule has 0 aromatic carbocycles. The number of hydroxylamine groups is 2. The predicted octanol–water partition coefficient (Wildman–Crippen LogP) is 5.14. The van der Waals surface area contributed by atoms with Crippen LogP contribution >= 0.6 is 0 Å². The molecule has 0 atom stereocenters. The average Bonchev–Trinajstić information content (AvgIpc) is 2.44. The van der Waals surface area contributed by atoms with Crippen molar-refractivity contribution in [3.05, 3.63) is 0 Å². The van der Waals surface area contributed by atoms with Crippen molar-refractivity contribution in [2.75, 3.05) is 19.6 Å². The van der Waals surface area contributed by atoms with Gasteiger partial charge in [0.1, 0.15) is 0 Å². The lowest BCUT2D eigenvalue weighted by Crippen LogP contribution is -2.47. The number of nitrogens with zero attached hydrogens (tertiary/aromatic N) is 1. The zero-order valence-corrected chi connectivity index (χ0v) is 16.2. The molecule has 0 amide bonds. The molecular weight excluding hydrogens is 272 g/mol. The fourth-order valence-electron chi connectivity index (χ4n) is 2.64. The highest BCUT2D eigenvalue weighted by molar-refractivity contribution is 4.87. The molecule has 0 saturated heterocycles. The molecule has 0 aliphatic carbocycles. The summed E-state index contributed by atoms with van der Waals surface area (Å²) in [7, 11) is 0. The van der Waals surface area contributed by atoms with Crippen LogP contribution in [0.3, 0.4) is 0 Å². The first kappa shape index (κ1) is 21.9. The van der Waals surface area contributed by atoms with E-state index in [1.165, 1.54) is 38.5 Å². The molecule has 0 fully saturated rings. The molecule has 0 aromatic rings. The summed E-state index contributed by atoms with van der Waals surface area (Å²) < 4.78 is 0. The van der Waals surface area contributed by atoms with Crippen LogP contribution in [0.25, 0.3) is 0 Å². The average molecular weight is 315 g/mol. The maximum atomic E-state index is 6.40. The van der Waals surface area contributed by atoms with E-state index in [1.54, 1.807) is 0 Å². The van der Waals surface area contributed by atoms with Gasteiger partial charge in [0.2, 0.25) is 0 Å². The van der Waals surface area contributed by atoms with Crippen LogP contribution in [0.4, 0.5) is 0 Å². The summed E-state index contributed by atoms with van der Waals surface area (Å²) in [5, 5.41) is 2.13. The second-order valence-electron chi connectivity index (χ2n) is 7.72. The van der Waals surface area contributed by atoms with Crippen LogP contribution in [0.2, 0.25) is 0 Å². The third kappa shape index (κ3) is 8.50. The van der Waals surface area contributed by atoms with Gasteiger partial charge in [-0.1, -0.05) is 59.8 Å². The summed E-state index contributed by atoms with van der Waals surface area (Å²) in [4.78, 5) is 6.40. The first-order chi connectivity index (χ1) is 10.3. The van der Waals surface area contributed by atoms with Gasteiger partial charge in [-0.05, 0) is 45.1 Å². The molecule has 0 rings (SSSR count). The lowest BCUT2D eigenvalue weighted by atomic mass is 9.73. The lowest BCUT2D eigenvalue weighted by molar-refractivity contribution is -0.269. The van der Waals surface area contributed by atoms with Crippen LogP contribution < -0.4 is 5.73 Å². The van der Waals surface area contributed by atoms with Crippen LogP contribution in [0, 0.1) is 5.41 Å². The fourth-order valence-corrected chi connectivity index (χ4v) is 2.64. The normalized spacial score (nSPS) is 13.1. The third-order valence-electron chi connectivity index (χ3n) is 4.98. The van der Waals surface area contributed by atoms with Crippen LogP contribution in [0.5, 0.6) is 0 Å². The van der Waals surface area contributed by atoms with E-state index in [0.29, 0.717) is 0 Å². The maximum absolute atomic E-state index is 6.40. The van der Waals surface area contributed by atoms with E-state index in [0.717, 1.165) is 32.5 Å². The van der Waals surface area contributed by atoms with E-state index in [2.05, 4.69) is 46.6 Å². The minimum absolute atomic E-state index is 0.151. The van der Waals surface area contributed by atoms with Gasteiger partial charge in [0.15, 0.2) is 0 Å². The fraction of sp³-hybridized carbons (Fsp3) is 1.00. The molecule has 0 aliphatic heterocycles. The van der Waals surface area contributed by atoms with Crippen LogP contribution in [-0.2, 0) is 4.84 Å². The smallest absolute Gasteiger partial charge is 0.0894 e. The third-order valence-corrected chi connectivity index (χ3v) is 4.98. The van der Waals surface area contributed by atoms with Crippen molar-refractivity contribution in [2.45, 2.75) is 98.5 Å². The highest BCUT2D eigenvalue weighted by Gasteiger charge is 2.39. The Morgan fingerprint density at radius 1 is 0.818 bits per heavy atom. The molecule has 0 spiro atoms. The van der Waals surface area contributed by atoms with Gasteiger partial charge in [0.25, 0.3) is 0 Å². The van der Waals surface area contributed by atoms with E-state index in [-0.39, 0.29) is 11.0 Å². The number of unbranched alkanes of at least 4 members (excludes halogenated alkanes) is 4. The Labute approximate surface area is 139 Å².